The monoisotopic (exact) mass is 314 g/mol. The third-order valence-electron chi connectivity index (χ3n) is 3.23. The summed E-state index contributed by atoms with van der Waals surface area (Å²) in [6.07, 6.45) is 0. The molecule has 0 aliphatic carbocycles. The number of aromatic nitrogens is 1. The molecule has 0 unspecified atom stereocenters. The third-order valence-corrected chi connectivity index (χ3v) is 3.23. The zero-order valence-electron chi connectivity index (χ0n) is 12.9. The van der Waals surface area contributed by atoms with E-state index in [0.29, 0.717) is 16.9 Å². The minimum Gasteiger partial charge on any atom is -0.338 e. The Morgan fingerprint density at radius 3 is 2.74 bits per heavy atom. The molecule has 1 heterocycles. The van der Waals surface area contributed by atoms with E-state index >= 15 is 0 Å². The van der Waals surface area contributed by atoms with Crippen molar-refractivity contribution in [1.82, 2.24) is 10.5 Å². The number of halogens is 1. The summed E-state index contributed by atoms with van der Waals surface area (Å²) in [5.41, 5.74) is 4.50. The summed E-state index contributed by atoms with van der Waals surface area (Å²) in [5, 5.41) is 11.7. The van der Waals surface area contributed by atoms with Gasteiger partial charge in [0.05, 0.1) is 18.4 Å². The van der Waals surface area contributed by atoms with Gasteiger partial charge in [0.2, 0.25) is 0 Å². The summed E-state index contributed by atoms with van der Waals surface area (Å²) >= 11 is 0. The zero-order valence-corrected chi connectivity index (χ0v) is 12.9. The van der Waals surface area contributed by atoms with E-state index in [4.69, 9.17) is 5.26 Å². The minimum atomic E-state index is -0.640. The maximum absolute atomic E-state index is 14.0. The fourth-order valence-corrected chi connectivity index (χ4v) is 1.96. The van der Waals surface area contributed by atoms with Crippen molar-refractivity contribution in [3.8, 4) is 6.07 Å². The first-order valence-corrected chi connectivity index (χ1v) is 6.74. The Morgan fingerprint density at radius 1 is 1.35 bits per heavy atom. The normalized spacial score (nSPS) is 10.0. The molecule has 1 aromatic heterocycles. The SMILES string of the molecule is CONC(=O)c1ccc(C)c(Nc2nc(C)c(C#N)cc2F)c1. The number of hydroxylamine groups is 1. The van der Waals surface area contributed by atoms with Crippen molar-refractivity contribution >= 4 is 17.4 Å². The average molecular weight is 314 g/mol. The Labute approximate surface area is 132 Å². The van der Waals surface area contributed by atoms with Gasteiger partial charge in [0.15, 0.2) is 11.6 Å². The van der Waals surface area contributed by atoms with Crippen LogP contribution in [0.4, 0.5) is 15.9 Å². The fraction of sp³-hybridized carbons (Fsp3) is 0.188. The molecule has 6 nitrogen and oxygen atoms in total. The standard InChI is InChI=1S/C16H15FN4O2/c1-9-4-5-11(16(22)21-23-3)7-14(9)20-15-13(17)6-12(8-18)10(2)19-15/h4-7H,1-3H3,(H,19,20)(H,21,22). The smallest absolute Gasteiger partial charge is 0.274 e. The van der Waals surface area contributed by atoms with Crippen LogP contribution in [0.2, 0.25) is 0 Å². The molecule has 0 bridgehead atoms. The second-order valence-electron chi connectivity index (χ2n) is 4.85. The molecule has 2 N–H and O–H groups in total. The highest BCUT2D eigenvalue weighted by atomic mass is 19.1. The van der Waals surface area contributed by atoms with Gasteiger partial charge >= 0.3 is 0 Å². The van der Waals surface area contributed by atoms with Crippen molar-refractivity contribution in [2.45, 2.75) is 13.8 Å². The Morgan fingerprint density at radius 2 is 2.09 bits per heavy atom. The topological polar surface area (TPSA) is 87.0 Å². The number of hydrogen-bond acceptors (Lipinski definition) is 5. The van der Waals surface area contributed by atoms with Crippen molar-refractivity contribution in [3.63, 3.8) is 0 Å². The lowest BCUT2D eigenvalue weighted by molar-refractivity contribution is 0.0537. The third kappa shape index (κ3) is 3.62. The van der Waals surface area contributed by atoms with Gasteiger partial charge in [0.1, 0.15) is 6.07 Å². The highest BCUT2D eigenvalue weighted by Crippen LogP contribution is 2.24. The molecule has 0 atom stereocenters. The second kappa shape index (κ2) is 6.85. The molecule has 1 aromatic carbocycles. The van der Waals surface area contributed by atoms with E-state index in [1.54, 1.807) is 25.1 Å². The molecule has 0 aliphatic heterocycles. The summed E-state index contributed by atoms with van der Waals surface area (Å²) in [6.45, 7) is 3.44. The molecule has 7 heteroatoms. The zero-order chi connectivity index (χ0) is 17.0. The fourth-order valence-electron chi connectivity index (χ4n) is 1.96. The van der Waals surface area contributed by atoms with Crippen molar-refractivity contribution < 1.29 is 14.0 Å². The molecule has 0 saturated heterocycles. The first-order chi connectivity index (χ1) is 11.0. The Hall–Kier alpha value is -2.98. The van der Waals surface area contributed by atoms with Gasteiger partial charge < -0.3 is 5.32 Å². The average Bonchev–Trinajstić information content (AvgIpc) is 2.52. The number of hydrogen-bond donors (Lipinski definition) is 2. The van der Waals surface area contributed by atoms with Gasteiger partial charge in [0, 0.05) is 11.3 Å². The molecular weight excluding hydrogens is 299 g/mol. The number of pyridine rings is 1. The number of nitriles is 1. The van der Waals surface area contributed by atoms with Crippen LogP contribution < -0.4 is 10.8 Å². The van der Waals surface area contributed by atoms with Crippen LogP contribution >= 0.6 is 0 Å². The summed E-state index contributed by atoms with van der Waals surface area (Å²) in [7, 11) is 1.34. The molecule has 0 aliphatic rings. The number of anilines is 2. The van der Waals surface area contributed by atoms with Crippen LogP contribution in [0.25, 0.3) is 0 Å². The summed E-state index contributed by atoms with van der Waals surface area (Å²) in [5.74, 6) is -1.06. The molecular formula is C16H15FN4O2. The molecule has 0 fully saturated rings. The maximum atomic E-state index is 14.0. The van der Waals surface area contributed by atoms with Gasteiger partial charge in [-0.3, -0.25) is 9.63 Å². The number of nitrogens with one attached hydrogen (secondary N) is 2. The first kappa shape index (κ1) is 16.4. The molecule has 118 valence electrons. The van der Waals surface area contributed by atoms with Crippen LogP contribution in [0.15, 0.2) is 24.3 Å². The van der Waals surface area contributed by atoms with Crippen LogP contribution in [-0.2, 0) is 4.84 Å². The predicted octanol–water partition coefficient (Wildman–Crippen LogP) is 2.74. The van der Waals surface area contributed by atoms with Crippen LogP contribution in [0.3, 0.4) is 0 Å². The quantitative estimate of drug-likeness (QED) is 0.847. The molecule has 2 rings (SSSR count). The number of nitrogens with zero attached hydrogens (tertiary/aromatic N) is 2. The number of rotatable bonds is 4. The van der Waals surface area contributed by atoms with Gasteiger partial charge in [-0.15, -0.1) is 0 Å². The molecule has 1 amide bonds. The van der Waals surface area contributed by atoms with Crippen LogP contribution in [0, 0.1) is 31.0 Å². The predicted molar refractivity (Wildman–Crippen MR) is 82.6 cm³/mol. The number of carbonyl (C=O) groups excluding carboxylic acids is 1. The van der Waals surface area contributed by atoms with Crippen LogP contribution in [0.5, 0.6) is 0 Å². The van der Waals surface area contributed by atoms with E-state index in [1.807, 2.05) is 13.0 Å². The lowest BCUT2D eigenvalue weighted by Gasteiger charge is -2.12. The van der Waals surface area contributed by atoms with Crippen molar-refractivity contribution in [1.29, 1.82) is 5.26 Å². The number of benzene rings is 1. The van der Waals surface area contributed by atoms with Gasteiger partial charge in [-0.25, -0.2) is 14.9 Å². The lowest BCUT2D eigenvalue weighted by Crippen LogP contribution is -2.21. The van der Waals surface area contributed by atoms with Crippen LogP contribution in [-0.4, -0.2) is 18.0 Å². The highest BCUT2D eigenvalue weighted by Gasteiger charge is 2.12. The number of amides is 1. The van der Waals surface area contributed by atoms with E-state index in [1.165, 1.54) is 7.11 Å². The summed E-state index contributed by atoms with van der Waals surface area (Å²) < 4.78 is 14.0. The molecule has 0 spiro atoms. The Bertz CT molecular complexity index is 799. The van der Waals surface area contributed by atoms with E-state index in [9.17, 15) is 9.18 Å². The van der Waals surface area contributed by atoms with E-state index in [-0.39, 0.29) is 11.4 Å². The lowest BCUT2D eigenvalue weighted by atomic mass is 10.1. The van der Waals surface area contributed by atoms with Gasteiger partial charge in [-0.2, -0.15) is 5.26 Å². The van der Waals surface area contributed by atoms with Crippen molar-refractivity contribution in [2.24, 2.45) is 0 Å². The Kier molecular flexibility index (Phi) is 4.88. The molecule has 0 saturated carbocycles. The molecule has 23 heavy (non-hydrogen) atoms. The summed E-state index contributed by atoms with van der Waals surface area (Å²) in [4.78, 5) is 20.4. The van der Waals surface area contributed by atoms with Gasteiger partial charge in [0.25, 0.3) is 5.91 Å². The number of aryl methyl sites for hydroxylation is 2. The van der Waals surface area contributed by atoms with Gasteiger partial charge in [-0.1, -0.05) is 6.07 Å². The largest absolute Gasteiger partial charge is 0.338 e. The number of carbonyl (C=O) groups is 1. The highest BCUT2D eigenvalue weighted by molar-refractivity contribution is 5.94. The maximum Gasteiger partial charge on any atom is 0.274 e. The van der Waals surface area contributed by atoms with Gasteiger partial charge in [-0.05, 0) is 37.6 Å². The van der Waals surface area contributed by atoms with Crippen LogP contribution in [0.1, 0.15) is 27.2 Å². The summed E-state index contributed by atoms with van der Waals surface area (Å²) in [6, 6.07) is 7.92. The van der Waals surface area contributed by atoms with Crippen molar-refractivity contribution in [3.05, 3.63) is 52.5 Å². The Balaban J connectivity index is 2.37. The first-order valence-electron chi connectivity index (χ1n) is 6.74. The van der Waals surface area contributed by atoms with E-state index < -0.39 is 11.7 Å². The minimum absolute atomic E-state index is 0.00565. The van der Waals surface area contributed by atoms with E-state index in [2.05, 4.69) is 20.6 Å². The molecule has 2 aromatic rings. The van der Waals surface area contributed by atoms with Crippen molar-refractivity contribution in [2.75, 3.05) is 12.4 Å². The second-order valence-corrected chi connectivity index (χ2v) is 4.85. The molecule has 0 radical (unpaired) electrons. The van der Waals surface area contributed by atoms with E-state index in [0.717, 1.165) is 11.6 Å².